The maximum atomic E-state index is 12.6. The monoisotopic (exact) mass is 552 g/mol. The molecule has 3 aliphatic rings. The van der Waals surface area contributed by atoms with Gasteiger partial charge in [0.25, 0.3) is 0 Å². The van der Waals surface area contributed by atoms with E-state index < -0.39 is 5.97 Å². The lowest BCUT2D eigenvalue weighted by atomic mass is 9.84. The van der Waals surface area contributed by atoms with Crippen molar-refractivity contribution in [2.24, 2.45) is 11.3 Å². The molecule has 8 heteroatoms. The fourth-order valence-electron chi connectivity index (χ4n) is 5.17. The Balaban J connectivity index is 0.942. The van der Waals surface area contributed by atoms with Crippen LogP contribution in [-0.4, -0.2) is 57.2 Å². The third kappa shape index (κ3) is 7.83. The molecule has 3 unspecified atom stereocenters. The van der Waals surface area contributed by atoms with Crippen molar-refractivity contribution < 1.29 is 38.0 Å². The summed E-state index contributed by atoms with van der Waals surface area (Å²) in [6, 6.07) is 13.5. The van der Waals surface area contributed by atoms with E-state index in [-0.39, 0.29) is 23.4 Å². The normalized spacial score (nSPS) is 22.5. The molecular weight excluding hydrogens is 512 g/mol. The SMILES string of the molecule is CCC1(COCCCCCCOc2ccc(OC(=O)c3ccc(OC(=O)C4CCC5OC5C4)cc3)cc2)COC1. The Morgan fingerprint density at radius 2 is 1.50 bits per heavy atom. The lowest BCUT2D eigenvalue weighted by molar-refractivity contribution is -0.150. The highest BCUT2D eigenvalue weighted by atomic mass is 16.6. The number of carbonyl (C=O) groups excluding carboxylic acids is 2. The quantitative estimate of drug-likeness (QED) is 0.119. The Kier molecular flexibility index (Phi) is 9.73. The van der Waals surface area contributed by atoms with Crippen LogP contribution in [0.4, 0.5) is 0 Å². The van der Waals surface area contributed by atoms with Crippen LogP contribution in [0.25, 0.3) is 0 Å². The van der Waals surface area contributed by atoms with Crippen molar-refractivity contribution in [1.82, 2.24) is 0 Å². The van der Waals surface area contributed by atoms with E-state index in [1.165, 1.54) is 0 Å². The summed E-state index contributed by atoms with van der Waals surface area (Å²) in [4.78, 5) is 25.0. The molecule has 0 amide bonds. The zero-order valence-corrected chi connectivity index (χ0v) is 23.3. The highest BCUT2D eigenvalue weighted by Gasteiger charge is 2.46. The molecule has 0 N–H and O–H groups in total. The summed E-state index contributed by atoms with van der Waals surface area (Å²) in [6.07, 6.45) is 8.35. The first-order valence-electron chi connectivity index (χ1n) is 14.6. The van der Waals surface area contributed by atoms with Crippen molar-refractivity contribution in [3.8, 4) is 17.2 Å². The molecule has 2 saturated heterocycles. The predicted octanol–water partition coefficient (Wildman–Crippen LogP) is 5.76. The van der Waals surface area contributed by atoms with E-state index in [1.807, 2.05) is 0 Å². The minimum atomic E-state index is -0.481. The van der Waals surface area contributed by atoms with Gasteiger partial charge in [-0.1, -0.05) is 13.3 Å². The average molecular weight is 553 g/mol. The van der Waals surface area contributed by atoms with Gasteiger partial charge in [-0.05, 0) is 93.5 Å². The Morgan fingerprint density at radius 3 is 2.17 bits per heavy atom. The highest BCUT2D eigenvalue weighted by Crippen LogP contribution is 2.40. The molecule has 2 aromatic rings. The van der Waals surface area contributed by atoms with E-state index in [9.17, 15) is 9.59 Å². The van der Waals surface area contributed by atoms with Crippen LogP contribution < -0.4 is 14.2 Å². The number of rotatable bonds is 15. The molecule has 2 aliphatic heterocycles. The predicted molar refractivity (Wildman–Crippen MR) is 148 cm³/mol. The van der Waals surface area contributed by atoms with Gasteiger partial charge >= 0.3 is 11.9 Å². The molecular formula is C32H40O8. The van der Waals surface area contributed by atoms with Crippen molar-refractivity contribution >= 4 is 11.9 Å². The third-order valence-electron chi connectivity index (χ3n) is 8.11. The van der Waals surface area contributed by atoms with Gasteiger partial charge in [0.2, 0.25) is 0 Å². The Hall–Kier alpha value is -2.94. The second-order valence-electron chi connectivity index (χ2n) is 11.2. The second kappa shape index (κ2) is 13.6. The third-order valence-corrected chi connectivity index (χ3v) is 8.11. The number of unbranched alkanes of at least 4 members (excludes halogenated alkanes) is 3. The standard InChI is InChI=1S/C32H40O8/c1-2-32(21-36-22-32)20-35-17-5-3-4-6-18-37-25-12-14-27(15-13-25)38-30(33)23-7-10-26(11-8-23)39-31(34)24-9-16-28-29(19-24)40-28/h7-8,10-15,24,28-29H,2-6,9,16-22H2,1H3. The van der Waals surface area contributed by atoms with Crippen LogP contribution in [-0.2, 0) is 19.0 Å². The molecule has 3 fully saturated rings. The summed E-state index contributed by atoms with van der Waals surface area (Å²) in [5.41, 5.74) is 0.634. The Bertz CT molecular complexity index is 1100. The summed E-state index contributed by atoms with van der Waals surface area (Å²) in [7, 11) is 0. The van der Waals surface area contributed by atoms with Crippen LogP contribution >= 0.6 is 0 Å². The number of fused-ring (bicyclic) bond motifs is 1. The van der Waals surface area contributed by atoms with E-state index in [4.69, 9.17) is 28.4 Å². The van der Waals surface area contributed by atoms with Gasteiger partial charge in [-0.2, -0.15) is 0 Å². The van der Waals surface area contributed by atoms with E-state index in [1.54, 1.807) is 48.5 Å². The average Bonchev–Trinajstić information content (AvgIpc) is 3.74. The van der Waals surface area contributed by atoms with Crippen LogP contribution in [0.1, 0.15) is 68.6 Å². The lowest BCUT2D eigenvalue weighted by Crippen LogP contribution is -2.45. The molecule has 216 valence electrons. The molecule has 0 bridgehead atoms. The maximum absolute atomic E-state index is 12.6. The van der Waals surface area contributed by atoms with Gasteiger partial charge in [0.15, 0.2) is 0 Å². The van der Waals surface area contributed by atoms with Crippen LogP contribution in [0.2, 0.25) is 0 Å². The molecule has 1 saturated carbocycles. The highest BCUT2D eigenvalue weighted by molar-refractivity contribution is 5.91. The smallest absolute Gasteiger partial charge is 0.343 e. The van der Waals surface area contributed by atoms with E-state index in [0.717, 1.165) is 83.5 Å². The van der Waals surface area contributed by atoms with Gasteiger partial charge in [0.1, 0.15) is 17.2 Å². The first-order chi connectivity index (χ1) is 19.5. The molecule has 2 aromatic carbocycles. The molecule has 0 radical (unpaired) electrons. The zero-order valence-electron chi connectivity index (χ0n) is 23.3. The van der Waals surface area contributed by atoms with E-state index >= 15 is 0 Å². The molecule has 3 atom stereocenters. The lowest BCUT2D eigenvalue weighted by Gasteiger charge is -2.40. The van der Waals surface area contributed by atoms with E-state index in [2.05, 4.69) is 6.92 Å². The number of ether oxygens (including phenoxy) is 6. The van der Waals surface area contributed by atoms with Gasteiger partial charge in [-0.15, -0.1) is 0 Å². The minimum absolute atomic E-state index is 0.128. The summed E-state index contributed by atoms with van der Waals surface area (Å²) in [5.74, 6) is 0.742. The number of hydrogen-bond donors (Lipinski definition) is 0. The summed E-state index contributed by atoms with van der Waals surface area (Å²) in [5, 5.41) is 0. The first-order valence-corrected chi connectivity index (χ1v) is 14.6. The molecule has 40 heavy (non-hydrogen) atoms. The van der Waals surface area contributed by atoms with Gasteiger partial charge in [0.05, 0.1) is 50.1 Å². The van der Waals surface area contributed by atoms with E-state index in [0.29, 0.717) is 29.8 Å². The molecule has 5 rings (SSSR count). The van der Waals surface area contributed by atoms with Crippen molar-refractivity contribution in [1.29, 1.82) is 0 Å². The maximum Gasteiger partial charge on any atom is 0.343 e. The van der Waals surface area contributed by atoms with Crippen LogP contribution in [0.15, 0.2) is 48.5 Å². The van der Waals surface area contributed by atoms with Crippen LogP contribution in [0, 0.1) is 11.3 Å². The number of epoxide rings is 1. The van der Waals surface area contributed by atoms with Crippen molar-refractivity contribution in [2.45, 2.75) is 70.5 Å². The second-order valence-corrected chi connectivity index (χ2v) is 11.2. The van der Waals surface area contributed by atoms with Gasteiger partial charge in [0, 0.05) is 12.0 Å². The summed E-state index contributed by atoms with van der Waals surface area (Å²) < 4.78 is 33.5. The van der Waals surface area contributed by atoms with Gasteiger partial charge in [-0.3, -0.25) is 4.79 Å². The summed E-state index contributed by atoms with van der Waals surface area (Å²) in [6.45, 7) is 6.11. The topological polar surface area (TPSA) is 92.8 Å². The fourth-order valence-corrected chi connectivity index (χ4v) is 5.17. The molecule has 8 nitrogen and oxygen atoms in total. The van der Waals surface area contributed by atoms with Crippen LogP contribution in [0.3, 0.4) is 0 Å². The number of esters is 2. The summed E-state index contributed by atoms with van der Waals surface area (Å²) >= 11 is 0. The zero-order chi connectivity index (χ0) is 27.8. The van der Waals surface area contributed by atoms with Crippen molar-refractivity contribution in [2.75, 3.05) is 33.0 Å². The molecule has 1 aliphatic carbocycles. The minimum Gasteiger partial charge on any atom is -0.494 e. The molecule has 2 heterocycles. The molecule has 0 aromatic heterocycles. The number of carbonyl (C=O) groups is 2. The Labute approximate surface area is 236 Å². The number of hydrogen-bond acceptors (Lipinski definition) is 8. The fraction of sp³-hybridized carbons (Fsp3) is 0.562. The van der Waals surface area contributed by atoms with Crippen molar-refractivity contribution in [3.63, 3.8) is 0 Å². The van der Waals surface area contributed by atoms with Gasteiger partial charge < -0.3 is 28.4 Å². The molecule has 0 spiro atoms. The van der Waals surface area contributed by atoms with Gasteiger partial charge in [-0.25, -0.2) is 4.79 Å². The van der Waals surface area contributed by atoms with Crippen LogP contribution in [0.5, 0.6) is 17.2 Å². The Morgan fingerprint density at radius 1 is 0.825 bits per heavy atom. The first kappa shape index (κ1) is 28.6. The largest absolute Gasteiger partial charge is 0.494 e. The number of benzene rings is 2. The van der Waals surface area contributed by atoms with Crippen molar-refractivity contribution in [3.05, 3.63) is 54.1 Å².